The van der Waals surface area contributed by atoms with Crippen molar-refractivity contribution in [2.75, 3.05) is 26.9 Å². The second-order valence-corrected chi connectivity index (χ2v) is 4.16. The molecule has 1 amide bonds. The van der Waals surface area contributed by atoms with E-state index in [0.717, 1.165) is 12.1 Å². The highest BCUT2D eigenvalue weighted by molar-refractivity contribution is 5.77. The molecule has 118 valence electrons. The van der Waals surface area contributed by atoms with E-state index in [9.17, 15) is 18.0 Å². The molecule has 0 aliphatic carbocycles. The normalized spacial score (nSPS) is 11.3. The Morgan fingerprint density at radius 2 is 2.10 bits per heavy atom. The molecule has 0 spiro atoms. The fraction of sp³-hybridized carbons (Fsp3) is 0.462. The average Bonchev–Trinajstić information content (AvgIpc) is 2.44. The lowest BCUT2D eigenvalue weighted by molar-refractivity contribution is -0.139. The molecule has 5 nitrogen and oxygen atoms in total. The molecule has 0 saturated heterocycles. The van der Waals surface area contributed by atoms with Gasteiger partial charge in [0, 0.05) is 20.2 Å². The number of hydrogen-bond donors (Lipinski definition) is 2. The highest BCUT2D eigenvalue weighted by atomic mass is 19.4. The number of ether oxygens (including phenoxy) is 2. The molecule has 0 aliphatic rings. The first kappa shape index (κ1) is 17.3. The maximum atomic E-state index is 12.9. The molecule has 3 N–H and O–H groups in total. The molecule has 1 aromatic carbocycles. The lowest BCUT2D eigenvalue weighted by Crippen LogP contribution is -2.31. The predicted octanol–water partition coefficient (Wildman–Crippen LogP) is 1.31. The summed E-state index contributed by atoms with van der Waals surface area (Å²) in [6.07, 6.45) is -4.58. The van der Waals surface area contributed by atoms with E-state index in [2.05, 4.69) is 5.32 Å². The minimum atomic E-state index is -4.58. The first-order valence-corrected chi connectivity index (χ1v) is 6.17. The van der Waals surface area contributed by atoms with Crippen molar-refractivity contribution < 1.29 is 27.4 Å². The van der Waals surface area contributed by atoms with Crippen LogP contribution < -0.4 is 15.8 Å². The summed E-state index contributed by atoms with van der Waals surface area (Å²) < 4.78 is 48.4. The smallest absolute Gasteiger partial charge is 0.419 e. The lowest BCUT2D eigenvalue weighted by atomic mass is 10.1. The summed E-state index contributed by atoms with van der Waals surface area (Å²) in [4.78, 5) is 11.4. The van der Waals surface area contributed by atoms with Gasteiger partial charge in [0.2, 0.25) is 0 Å². The zero-order valence-corrected chi connectivity index (χ0v) is 11.5. The summed E-state index contributed by atoms with van der Waals surface area (Å²) in [6.45, 7) is 0.0529. The monoisotopic (exact) mass is 306 g/mol. The number of hydrogen-bond acceptors (Lipinski definition) is 4. The number of benzene rings is 1. The number of carbonyl (C=O) groups excluding carboxylic acids is 1. The van der Waals surface area contributed by atoms with Crippen LogP contribution in [0, 0.1) is 0 Å². The fourth-order valence-corrected chi connectivity index (χ4v) is 1.54. The number of carbonyl (C=O) groups is 1. The van der Waals surface area contributed by atoms with E-state index < -0.39 is 30.0 Å². The largest absolute Gasteiger partial charge is 0.483 e. The first-order chi connectivity index (χ1) is 9.88. The van der Waals surface area contributed by atoms with E-state index in [-0.39, 0.29) is 13.1 Å². The van der Waals surface area contributed by atoms with Gasteiger partial charge in [0.15, 0.2) is 6.61 Å². The van der Waals surface area contributed by atoms with Crippen molar-refractivity contribution in [2.24, 2.45) is 5.73 Å². The molecule has 21 heavy (non-hydrogen) atoms. The van der Waals surface area contributed by atoms with E-state index in [1.54, 1.807) is 0 Å². The van der Waals surface area contributed by atoms with Crippen molar-refractivity contribution in [3.63, 3.8) is 0 Å². The summed E-state index contributed by atoms with van der Waals surface area (Å²) in [6, 6.07) is 3.50. The summed E-state index contributed by atoms with van der Waals surface area (Å²) in [5.41, 5.74) is 4.70. The van der Waals surface area contributed by atoms with Gasteiger partial charge in [-0.2, -0.15) is 13.2 Å². The predicted molar refractivity (Wildman–Crippen MR) is 69.7 cm³/mol. The average molecular weight is 306 g/mol. The number of nitrogens with two attached hydrogens (primary N) is 1. The highest BCUT2D eigenvalue weighted by Gasteiger charge is 2.34. The molecular weight excluding hydrogens is 289 g/mol. The Labute approximate surface area is 120 Å². The molecule has 0 radical (unpaired) electrons. The zero-order valence-electron chi connectivity index (χ0n) is 11.5. The van der Waals surface area contributed by atoms with Crippen molar-refractivity contribution in [3.8, 4) is 5.75 Å². The number of nitrogens with one attached hydrogen (secondary N) is 1. The Morgan fingerprint density at radius 1 is 1.38 bits per heavy atom. The number of halogens is 3. The third-order valence-electron chi connectivity index (χ3n) is 2.57. The lowest BCUT2D eigenvalue weighted by Gasteiger charge is -2.15. The topological polar surface area (TPSA) is 73.6 Å². The van der Waals surface area contributed by atoms with Crippen LogP contribution in [0.5, 0.6) is 5.75 Å². The molecule has 1 rings (SSSR count). The van der Waals surface area contributed by atoms with Gasteiger partial charge in [-0.3, -0.25) is 4.79 Å². The second-order valence-electron chi connectivity index (χ2n) is 4.16. The molecule has 8 heteroatoms. The third kappa shape index (κ3) is 5.60. The maximum Gasteiger partial charge on any atom is 0.419 e. The Bertz CT molecular complexity index is 478. The van der Waals surface area contributed by atoms with E-state index in [4.69, 9.17) is 15.2 Å². The van der Waals surface area contributed by atoms with E-state index in [0.29, 0.717) is 12.2 Å². The van der Waals surface area contributed by atoms with Gasteiger partial charge in [-0.25, -0.2) is 0 Å². The number of alkyl halides is 3. The third-order valence-corrected chi connectivity index (χ3v) is 2.57. The molecule has 0 saturated carbocycles. The van der Waals surface area contributed by atoms with Gasteiger partial charge < -0.3 is 20.5 Å². The molecule has 0 bridgehead atoms. The Morgan fingerprint density at radius 3 is 2.67 bits per heavy atom. The van der Waals surface area contributed by atoms with Gasteiger partial charge in [-0.05, 0) is 17.7 Å². The highest BCUT2D eigenvalue weighted by Crippen LogP contribution is 2.36. The van der Waals surface area contributed by atoms with Gasteiger partial charge in [0.25, 0.3) is 5.91 Å². The van der Waals surface area contributed by atoms with Crippen LogP contribution in [0.15, 0.2) is 18.2 Å². The van der Waals surface area contributed by atoms with Crippen LogP contribution >= 0.6 is 0 Å². The van der Waals surface area contributed by atoms with Crippen LogP contribution in [-0.4, -0.2) is 32.8 Å². The summed E-state index contributed by atoms with van der Waals surface area (Å²) in [5, 5.41) is 2.44. The van der Waals surface area contributed by atoms with Gasteiger partial charge in [0.1, 0.15) is 5.75 Å². The van der Waals surface area contributed by atoms with Crippen LogP contribution in [0.2, 0.25) is 0 Å². The molecule has 0 aliphatic heterocycles. The van der Waals surface area contributed by atoms with Crippen LogP contribution in [0.4, 0.5) is 13.2 Å². The summed E-state index contributed by atoms with van der Waals surface area (Å²) in [5.74, 6) is -0.926. The second kappa shape index (κ2) is 7.84. The zero-order chi connectivity index (χ0) is 15.9. The van der Waals surface area contributed by atoms with E-state index in [1.807, 2.05) is 0 Å². The quantitative estimate of drug-likeness (QED) is 0.745. The minimum Gasteiger partial charge on any atom is -0.483 e. The Balaban J connectivity index is 2.72. The molecule has 0 unspecified atom stereocenters. The van der Waals surface area contributed by atoms with Gasteiger partial charge >= 0.3 is 6.18 Å². The van der Waals surface area contributed by atoms with Gasteiger partial charge in [-0.1, -0.05) is 6.07 Å². The van der Waals surface area contributed by atoms with Crippen molar-refractivity contribution in [3.05, 3.63) is 29.3 Å². The van der Waals surface area contributed by atoms with Crippen molar-refractivity contribution >= 4 is 5.91 Å². The van der Waals surface area contributed by atoms with E-state index >= 15 is 0 Å². The molecule has 1 aromatic rings. The van der Waals surface area contributed by atoms with Gasteiger partial charge in [0.05, 0.1) is 12.2 Å². The Kier molecular flexibility index (Phi) is 6.44. The number of rotatable bonds is 7. The Hall–Kier alpha value is -1.80. The van der Waals surface area contributed by atoms with Crippen molar-refractivity contribution in [1.82, 2.24) is 5.32 Å². The first-order valence-electron chi connectivity index (χ1n) is 6.17. The van der Waals surface area contributed by atoms with Crippen LogP contribution in [0.25, 0.3) is 0 Å². The molecule has 0 fully saturated rings. The molecule has 0 heterocycles. The fourth-order valence-electron chi connectivity index (χ4n) is 1.54. The van der Waals surface area contributed by atoms with E-state index in [1.165, 1.54) is 13.2 Å². The SMILES string of the molecule is COCCNC(=O)COc1ccc(CN)cc1C(F)(F)F. The van der Waals surface area contributed by atoms with Crippen LogP contribution in [0.3, 0.4) is 0 Å². The van der Waals surface area contributed by atoms with Crippen LogP contribution in [-0.2, 0) is 22.3 Å². The molecule has 0 aromatic heterocycles. The summed E-state index contributed by atoms with van der Waals surface area (Å²) >= 11 is 0. The maximum absolute atomic E-state index is 12.9. The summed E-state index contributed by atoms with van der Waals surface area (Å²) in [7, 11) is 1.47. The standard InChI is InChI=1S/C13H17F3N2O3/c1-20-5-4-18-12(19)8-21-11-3-2-9(7-17)6-10(11)13(14,15)16/h2-3,6H,4-5,7-8,17H2,1H3,(H,18,19). The molecular formula is C13H17F3N2O3. The van der Waals surface area contributed by atoms with Crippen molar-refractivity contribution in [1.29, 1.82) is 0 Å². The van der Waals surface area contributed by atoms with Gasteiger partial charge in [-0.15, -0.1) is 0 Å². The number of amides is 1. The van der Waals surface area contributed by atoms with Crippen LogP contribution in [0.1, 0.15) is 11.1 Å². The minimum absolute atomic E-state index is 0.0130. The molecule has 0 atom stereocenters. The number of methoxy groups -OCH3 is 1. The van der Waals surface area contributed by atoms with Crippen molar-refractivity contribution in [2.45, 2.75) is 12.7 Å².